The number of benzene rings is 1. The summed E-state index contributed by atoms with van der Waals surface area (Å²) in [7, 11) is 1.78. The molecule has 0 aliphatic carbocycles. The Morgan fingerprint density at radius 3 is 2.76 bits per heavy atom. The largest absolute Gasteiger partial charge is 0.364 e. The van der Waals surface area contributed by atoms with Crippen molar-refractivity contribution in [2.45, 2.75) is 12.5 Å². The third-order valence-electron chi connectivity index (χ3n) is 3.39. The first kappa shape index (κ1) is 14.2. The number of hydrazone groups is 1. The van der Waals surface area contributed by atoms with Crippen molar-refractivity contribution in [3.8, 4) is 0 Å². The molecule has 1 aromatic heterocycles. The van der Waals surface area contributed by atoms with Crippen LogP contribution in [0.5, 0.6) is 0 Å². The fourth-order valence-corrected chi connectivity index (χ4v) is 3.24. The van der Waals surface area contributed by atoms with E-state index in [-0.39, 0.29) is 11.9 Å². The molecule has 2 aromatic rings. The first-order valence-corrected chi connectivity index (χ1v) is 7.85. The zero-order chi connectivity index (χ0) is 14.8. The lowest BCUT2D eigenvalue weighted by Crippen LogP contribution is -2.34. The van der Waals surface area contributed by atoms with E-state index in [1.54, 1.807) is 35.5 Å². The van der Waals surface area contributed by atoms with Crippen molar-refractivity contribution in [1.82, 2.24) is 10.3 Å². The second-order valence-electron chi connectivity index (χ2n) is 4.70. The molecule has 0 spiro atoms. The fraction of sp³-hybridized carbons (Fsp3) is 0.200. The first-order valence-electron chi connectivity index (χ1n) is 6.57. The van der Waals surface area contributed by atoms with E-state index in [2.05, 4.69) is 16.5 Å². The normalized spacial score (nSPS) is 17.7. The zero-order valence-electron chi connectivity index (χ0n) is 11.4. The summed E-state index contributed by atoms with van der Waals surface area (Å²) in [5.74, 6) is -0.237. The molecule has 1 aromatic carbocycles. The SMILES string of the molecule is CNC(=S)N1N=C(c2cccs2)C[C@H]1c1ccc(F)cc1. The van der Waals surface area contributed by atoms with Crippen LogP contribution in [0.1, 0.15) is 22.9 Å². The predicted octanol–water partition coefficient (Wildman–Crippen LogP) is 3.54. The summed E-state index contributed by atoms with van der Waals surface area (Å²) in [5, 5.41) is 12.0. The van der Waals surface area contributed by atoms with Crippen LogP contribution in [0.2, 0.25) is 0 Å². The molecule has 1 N–H and O–H groups in total. The van der Waals surface area contributed by atoms with Gasteiger partial charge in [0.2, 0.25) is 0 Å². The minimum atomic E-state index is -0.237. The highest BCUT2D eigenvalue weighted by atomic mass is 32.1. The highest BCUT2D eigenvalue weighted by Crippen LogP contribution is 2.33. The molecule has 1 aliphatic rings. The van der Waals surface area contributed by atoms with Gasteiger partial charge in [0, 0.05) is 13.5 Å². The van der Waals surface area contributed by atoms with Crippen molar-refractivity contribution in [2.75, 3.05) is 7.05 Å². The first-order chi connectivity index (χ1) is 10.2. The molecule has 6 heteroatoms. The van der Waals surface area contributed by atoms with Crippen LogP contribution in [-0.2, 0) is 0 Å². The zero-order valence-corrected chi connectivity index (χ0v) is 13.0. The van der Waals surface area contributed by atoms with E-state index in [1.807, 2.05) is 11.4 Å². The van der Waals surface area contributed by atoms with E-state index in [9.17, 15) is 4.39 Å². The Morgan fingerprint density at radius 1 is 1.38 bits per heavy atom. The van der Waals surface area contributed by atoms with E-state index in [0.29, 0.717) is 5.11 Å². The number of thiocarbonyl (C=S) groups is 1. The maximum Gasteiger partial charge on any atom is 0.189 e. The van der Waals surface area contributed by atoms with Crippen molar-refractivity contribution in [1.29, 1.82) is 0 Å². The van der Waals surface area contributed by atoms with Crippen molar-refractivity contribution in [3.05, 3.63) is 58.0 Å². The van der Waals surface area contributed by atoms with Crippen LogP contribution in [0.15, 0.2) is 46.9 Å². The number of hydrogen-bond acceptors (Lipinski definition) is 3. The molecule has 0 saturated carbocycles. The number of rotatable bonds is 2. The van der Waals surface area contributed by atoms with Gasteiger partial charge in [-0.3, -0.25) is 0 Å². The van der Waals surface area contributed by atoms with E-state index < -0.39 is 0 Å². The van der Waals surface area contributed by atoms with Crippen LogP contribution >= 0.6 is 23.6 Å². The maximum atomic E-state index is 13.1. The highest BCUT2D eigenvalue weighted by molar-refractivity contribution is 7.80. The van der Waals surface area contributed by atoms with Gasteiger partial charge >= 0.3 is 0 Å². The minimum absolute atomic E-state index is 0.00245. The quantitative estimate of drug-likeness (QED) is 0.858. The van der Waals surface area contributed by atoms with E-state index >= 15 is 0 Å². The monoisotopic (exact) mass is 319 g/mol. The molecule has 0 saturated heterocycles. The Bertz CT molecular complexity index is 665. The lowest BCUT2D eigenvalue weighted by atomic mass is 10.0. The van der Waals surface area contributed by atoms with Gasteiger partial charge in [-0.15, -0.1) is 11.3 Å². The number of thiophene rings is 1. The Labute approximate surface area is 132 Å². The molecule has 0 amide bonds. The van der Waals surface area contributed by atoms with Crippen LogP contribution in [0, 0.1) is 5.82 Å². The van der Waals surface area contributed by atoms with Crippen molar-refractivity contribution < 1.29 is 4.39 Å². The highest BCUT2D eigenvalue weighted by Gasteiger charge is 2.31. The molecule has 3 nitrogen and oxygen atoms in total. The topological polar surface area (TPSA) is 27.6 Å². The second kappa shape index (κ2) is 5.91. The van der Waals surface area contributed by atoms with Gasteiger partial charge in [0.05, 0.1) is 16.6 Å². The average molecular weight is 319 g/mol. The van der Waals surface area contributed by atoms with E-state index in [0.717, 1.165) is 22.6 Å². The summed E-state index contributed by atoms with van der Waals surface area (Å²) in [5.41, 5.74) is 2.02. The third-order valence-corrected chi connectivity index (χ3v) is 4.70. The third kappa shape index (κ3) is 2.82. The van der Waals surface area contributed by atoms with Crippen LogP contribution in [0.25, 0.3) is 0 Å². The molecular weight excluding hydrogens is 305 g/mol. The second-order valence-corrected chi connectivity index (χ2v) is 6.03. The summed E-state index contributed by atoms with van der Waals surface area (Å²) in [6.45, 7) is 0. The van der Waals surface area contributed by atoms with Gasteiger partial charge in [0.25, 0.3) is 0 Å². The molecule has 2 heterocycles. The maximum absolute atomic E-state index is 13.1. The lowest BCUT2D eigenvalue weighted by Gasteiger charge is -2.23. The lowest BCUT2D eigenvalue weighted by molar-refractivity contribution is 0.366. The molecule has 21 heavy (non-hydrogen) atoms. The number of nitrogens with one attached hydrogen (secondary N) is 1. The molecule has 0 bridgehead atoms. The Kier molecular flexibility index (Phi) is 3.98. The predicted molar refractivity (Wildman–Crippen MR) is 88.1 cm³/mol. The Morgan fingerprint density at radius 2 is 2.14 bits per heavy atom. The number of halogens is 1. The Balaban J connectivity index is 1.93. The van der Waals surface area contributed by atoms with Crippen molar-refractivity contribution >= 4 is 34.4 Å². The van der Waals surface area contributed by atoms with Gasteiger partial charge in [-0.05, 0) is 41.4 Å². The van der Waals surface area contributed by atoms with E-state index in [1.165, 1.54) is 12.1 Å². The molecule has 108 valence electrons. The van der Waals surface area contributed by atoms with Gasteiger partial charge in [-0.2, -0.15) is 5.10 Å². The number of hydrogen-bond donors (Lipinski definition) is 1. The summed E-state index contributed by atoms with van der Waals surface area (Å²) < 4.78 is 13.1. The van der Waals surface area contributed by atoms with E-state index in [4.69, 9.17) is 12.2 Å². The van der Waals surface area contributed by atoms with Crippen molar-refractivity contribution in [3.63, 3.8) is 0 Å². The average Bonchev–Trinajstić information content (AvgIpc) is 3.16. The van der Waals surface area contributed by atoms with Crippen LogP contribution < -0.4 is 5.32 Å². The van der Waals surface area contributed by atoms with Gasteiger partial charge in [0.15, 0.2) is 5.11 Å². The Hall–Kier alpha value is -1.79. The van der Waals surface area contributed by atoms with Crippen LogP contribution in [-0.4, -0.2) is 22.9 Å². The van der Waals surface area contributed by atoms with Gasteiger partial charge in [-0.25, -0.2) is 9.40 Å². The van der Waals surface area contributed by atoms with Crippen molar-refractivity contribution in [2.24, 2.45) is 5.10 Å². The number of nitrogens with zero attached hydrogens (tertiary/aromatic N) is 2. The standard InChI is InChI=1S/C15H14FN3S2/c1-17-15(20)19-13(10-4-6-11(16)7-5-10)9-12(18-19)14-3-2-8-21-14/h2-8,13H,9H2,1H3,(H,17,20)/t13-/m0/s1. The molecule has 1 aliphatic heterocycles. The smallest absolute Gasteiger partial charge is 0.189 e. The fourth-order valence-electron chi connectivity index (χ4n) is 2.35. The van der Waals surface area contributed by atoms with Gasteiger partial charge < -0.3 is 5.32 Å². The minimum Gasteiger partial charge on any atom is -0.364 e. The molecule has 0 fully saturated rings. The molecule has 0 unspecified atom stereocenters. The summed E-state index contributed by atoms with van der Waals surface area (Å²) in [4.78, 5) is 1.14. The molecule has 1 atom stereocenters. The summed E-state index contributed by atoms with van der Waals surface area (Å²) >= 11 is 7.00. The summed E-state index contributed by atoms with van der Waals surface area (Å²) in [6, 6.07) is 10.6. The van der Waals surface area contributed by atoms with Gasteiger partial charge in [-0.1, -0.05) is 18.2 Å². The van der Waals surface area contributed by atoms with Gasteiger partial charge in [0.1, 0.15) is 5.82 Å². The van der Waals surface area contributed by atoms with Crippen LogP contribution in [0.4, 0.5) is 4.39 Å². The molecular formula is C15H14FN3S2. The summed E-state index contributed by atoms with van der Waals surface area (Å²) in [6.07, 6.45) is 0.758. The van der Waals surface area contributed by atoms with Crippen LogP contribution in [0.3, 0.4) is 0 Å². The molecule has 3 rings (SSSR count). The molecule has 0 radical (unpaired) electrons.